The first kappa shape index (κ1) is 11.3. The predicted molar refractivity (Wildman–Crippen MR) is 74.6 cm³/mol. The van der Waals surface area contributed by atoms with Crippen LogP contribution in [0.15, 0.2) is 35.8 Å². The van der Waals surface area contributed by atoms with Crippen LogP contribution in [0.1, 0.15) is 23.1 Å². The van der Waals surface area contributed by atoms with Gasteiger partial charge in [-0.1, -0.05) is 29.8 Å². The largest absolute Gasteiger partial charge is 0.370 e. The quantitative estimate of drug-likeness (QED) is 0.804. The van der Waals surface area contributed by atoms with Gasteiger partial charge in [-0.05, 0) is 30.9 Å². The molecule has 0 aromatic heterocycles. The van der Waals surface area contributed by atoms with Crippen molar-refractivity contribution in [2.24, 2.45) is 10.7 Å². The molecule has 0 bridgehead atoms. The van der Waals surface area contributed by atoms with Crippen molar-refractivity contribution in [3.8, 4) is 0 Å². The molecule has 2 N–H and O–H groups in total. The number of guanidine groups is 1. The lowest BCUT2D eigenvalue weighted by atomic mass is 9.90. The molecular weight excluding hydrogens is 222 g/mol. The smallest absolute Gasteiger partial charge is 0.192 e. The topological polar surface area (TPSA) is 41.6 Å². The zero-order valence-electron chi connectivity index (χ0n) is 10.8. The zero-order chi connectivity index (χ0) is 12.8. The van der Waals surface area contributed by atoms with E-state index in [4.69, 9.17) is 5.73 Å². The van der Waals surface area contributed by atoms with Gasteiger partial charge < -0.3 is 10.6 Å². The first-order valence-corrected chi connectivity index (χ1v) is 6.46. The highest BCUT2D eigenvalue weighted by atomic mass is 15.4. The monoisotopic (exact) mass is 241 g/mol. The number of hydrogen-bond donors (Lipinski definition) is 1. The Kier molecular flexibility index (Phi) is 2.44. The number of aryl methyl sites for hydroxylation is 2. The van der Waals surface area contributed by atoms with Crippen LogP contribution in [0.2, 0.25) is 0 Å². The molecule has 0 fully saturated rings. The van der Waals surface area contributed by atoms with Gasteiger partial charge in [0.2, 0.25) is 0 Å². The molecule has 1 spiro atoms. The van der Waals surface area contributed by atoms with Gasteiger partial charge in [-0.3, -0.25) is 4.99 Å². The third-order valence-electron chi connectivity index (χ3n) is 4.18. The minimum absolute atomic E-state index is 0.0143. The van der Waals surface area contributed by atoms with Gasteiger partial charge in [0, 0.05) is 6.54 Å². The maximum Gasteiger partial charge on any atom is 0.192 e. The van der Waals surface area contributed by atoms with E-state index >= 15 is 0 Å². The molecule has 3 nitrogen and oxygen atoms in total. The molecule has 3 heteroatoms. The van der Waals surface area contributed by atoms with E-state index in [9.17, 15) is 0 Å². The molecular formula is C15H19N3. The van der Waals surface area contributed by atoms with Crippen LogP contribution < -0.4 is 5.73 Å². The number of benzene rings is 1. The molecule has 2 aliphatic rings. The number of nitrogens with two attached hydrogens (primary N) is 1. The SMILES string of the molecule is C=CCN1C(N)=NCC12CCc1ccc(C)cc12. The van der Waals surface area contributed by atoms with E-state index in [1.807, 2.05) is 6.08 Å². The Morgan fingerprint density at radius 3 is 3.17 bits per heavy atom. The van der Waals surface area contributed by atoms with E-state index in [2.05, 4.69) is 41.6 Å². The van der Waals surface area contributed by atoms with Crippen molar-refractivity contribution in [3.05, 3.63) is 47.5 Å². The Balaban J connectivity index is 2.09. The van der Waals surface area contributed by atoms with Crippen molar-refractivity contribution in [1.82, 2.24) is 4.90 Å². The summed E-state index contributed by atoms with van der Waals surface area (Å²) in [7, 11) is 0. The van der Waals surface area contributed by atoms with Crippen molar-refractivity contribution in [1.29, 1.82) is 0 Å². The molecule has 0 saturated heterocycles. The molecule has 0 radical (unpaired) electrons. The fourth-order valence-corrected chi connectivity index (χ4v) is 3.26. The summed E-state index contributed by atoms with van der Waals surface area (Å²) in [6.07, 6.45) is 4.12. The molecule has 1 aliphatic heterocycles. The van der Waals surface area contributed by atoms with Crippen molar-refractivity contribution in [2.75, 3.05) is 13.1 Å². The molecule has 1 aliphatic carbocycles. The fourth-order valence-electron chi connectivity index (χ4n) is 3.26. The van der Waals surface area contributed by atoms with Gasteiger partial charge >= 0.3 is 0 Å². The van der Waals surface area contributed by atoms with Crippen LogP contribution in [-0.2, 0) is 12.0 Å². The lowest BCUT2D eigenvalue weighted by Crippen LogP contribution is -2.48. The minimum Gasteiger partial charge on any atom is -0.370 e. The third-order valence-corrected chi connectivity index (χ3v) is 4.18. The fraction of sp³-hybridized carbons (Fsp3) is 0.400. The Labute approximate surface area is 108 Å². The van der Waals surface area contributed by atoms with E-state index in [0.717, 1.165) is 25.9 Å². The number of fused-ring (bicyclic) bond motifs is 2. The standard InChI is InChI=1S/C15H19N3/c1-3-8-18-14(16)17-10-15(18)7-6-12-5-4-11(2)9-13(12)15/h3-5,9H,1,6-8,10H2,2H3,(H2,16,17). The van der Waals surface area contributed by atoms with Crippen LogP contribution in [0, 0.1) is 6.92 Å². The summed E-state index contributed by atoms with van der Waals surface area (Å²) in [4.78, 5) is 6.69. The van der Waals surface area contributed by atoms with Gasteiger partial charge in [0.15, 0.2) is 5.96 Å². The van der Waals surface area contributed by atoms with Crippen molar-refractivity contribution >= 4 is 5.96 Å². The number of nitrogens with zero attached hydrogens (tertiary/aromatic N) is 2. The van der Waals surface area contributed by atoms with Crippen LogP contribution in [0.25, 0.3) is 0 Å². The number of rotatable bonds is 2. The molecule has 0 amide bonds. The molecule has 1 aromatic carbocycles. The molecule has 1 unspecified atom stereocenters. The summed E-state index contributed by atoms with van der Waals surface area (Å²) in [5.74, 6) is 0.657. The molecule has 94 valence electrons. The van der Waals surface area contributed by atoms with Crippen molar-refractivity contribution in [2.45, 2.75) is 25.3 Å². The second-order valence-electron chi connectivity index (χ2n) is 5.27. The summed E-state index contributed by atoms with van der Waals surface area (Å²) in [6, 6.07) is 6.74. The predicted octanol–water partition coefficient (Wildman–Crippen LogP) is 1.95. The summed E-state index contributed by atoms with van der Waals surface area (Å²) in [6.45, 7) is 7.52. The van der Waals surface area contributed by atoms with Crippen LogP contribution in [0.4, 0.5) is 0 Å². The summed E-state index contributed by atoms with van der Waals surface area (Å²) in [5, 5.41) is 0. The van der Waals surface area contributed by atoms with Crippen LogP contribution in [0.5, 0.6) is 0 Å². The maximum atomic E-state index is 6.04. The Morgan fingerprint density at radius 1 is 1.56 bits per heavy atom. The summed E-state index contributed by atoms with van der Waals surface area (Å²) < 4.78 is 0. The minimum atomic E-state index is -0.0143. The van der Waals surface area contributed by atoms with Gasteiger partial charge in [-0.2, -0.15) is 0 Å². The second kappa shape index (κ2) is 3.87. The Bertz CT molecular complexity index is 533. The number of hydrogen-bond acceptors (Lipinski definition) is 3. The van der Waals surface area contributed by atoms with Crippen LogP contribution in [-0.4, -0.2) is 23.9 Å². The molecule has 1 aromatic rings. The third kappa shape index (κ3) is 1.40. The lowest BCUT2D eigenvalue weighted by molar-refractivity contribution is 0.219. The van der Waals surface area contributed by atoms with Crippen LogP contribution >= 0.6 is 0 Å². The highest BCUT2D eigenvalue weighted by Gasteiger charge is 2.47. The molecule has 1 atom stereocenters. The van der Waals surface area contributed by atoms with Gasteiger partial charge in [0.05, 0.1) is 12.1 Å². The van der Waals surface area contributed by atoms with Crippen molar-refractivity contribution < 1.29 is 0 Å². The van der Waals surface area contributed by atoms with E-state index < -0.39 is 0 Å². The molecule has 1 heterocycles. The van der Waals surface area contributed by atoms with Crippen molar-refractivity contribution in [3.63, 3.8) is 0 Å². The average molecular weight is 241 g/mol. The Morgan fingerprint density at radius 2 is 2.39 bits per heavy atom. The number of aliphatic imine (C=N–C) groups is 1. The van der Waals surface area contributed by atoms with Gasteiger partial charge in [-0.15, -0.1) is 6.58 Å². The van der Waals surface area contributed by atoms with E-state index in [0.29, 0.717) is 5.96 Å². The highest BCUT2D eigenvalue weighted by molar-refractivity contribution is 5.82. The molecule has 0 saturated carbocycles. The normalized spacial score (nSPS) is 25.4. The van der Waals surface area contributed by atoms with E-state index in [1.165, 1.54) is 16.7 Å². The van der Waals surface area contributed by atoms with Crippen LogP contribution in [0.3, 0.4) is 0 Å². The Hall–Kier alpha value is -1.77. The van der Waals surface area contributed by atoms with Gasteiger partial charge in [-0.25, -0.2) is 0 Å². The first-order chi connectivity index (χ1) is 8.67. The zero-order valence-corrected chi connectivity index (χ0v) is 10.8. The molecule has 18 heavy (non-hydrogen) atoms. The highest BCUT2D eigenvalue weighted by Crippen LogP contribution is 2.44. The van der Waals surface area contributed by atoms with E-state index in [1.54, 1.807) is 0 Å². The second-order valence-corrected chi connectivity index (χ2v) is 5.27. The first-order valence-electron chi connectivity index (χ1n) is 6.46. The van der Waals surface area contributed by atoms with E-state index in [-0.39, 0.29) is 5.54 Å². The van der Waals surface area contributed by atoms with Gasteiger partial charge in [0.1, 0.15) is 0 Å². The maximum absolute atomic E-state index is 6.04. The lowest BCUT2D eigenvalue weighted by Gasteiger charge is -2.36. The summed E-state index contributed by atoms with van der Waals surface area (Å²) >= 11 is 0. The average Bonchev–Trinajstić information content (AvgIpc) is 2.87. The molecule has 3 rings (SSSR count). The summed E-state index contributed by atoms with van der Waals surface area (Å²) in [5.41, 5.74) is 10.2. The van der Waals surface area contributed by atoms with Gasteiger partial charge in [0.25, 0.3) is 0 Å².